The third-order valence-electron chi connectivity index (χ3n) is 9.05. The number of rotatable bonds is 7. The van der Waals surface area contributed by atoms with Gasteiger partial charge in [0, 0.05) is 5.56 Å². The van der Waals surface area contributed by atoms with Gasteiger partial charge < -0.3 is 4.74 Å². The number of fused-ring (bicyclic) bond motifs is 1. The van der Waals surface area contributed by atoms with Crippen molar-refractivity contribution in [1.29, 1.82) is 0 Å². The molecule has 1 aliphatic rings. The van der Waals surface area contributed by atoms with Gasteiger partial charge in [0.15, 0.2) is 0 Å². The molecular weight excluding hydrogens is 684 g/mol. The van der Waals surface area contributed by atoms with E-state index in [0.717, 1.165) is 29.8 Å². The Balaban J connectivity index is 1.39. The van der Waals surface area contributed by atoms with Gasteiger partial charge in [-0.2, -0.15) is 26.3 Å². The summed E-state index contributed by atoms with van der Waals surface area (Å²) in [6.07, 6.45) is -8.57. The number of halogens is 6. The van der Waals surface area contributed by atoms with E-state index in [0.29, 0.717) is 29.5 Å². The molecule has 6 aromatic rings. The van der Waals surface area contributed by atoms with Crippen LogP contribution in [0, 0.1) is 0 Å². The van der Waals surface area contributed by atoms with Gasteiger partial charge in [-0.3, -0.25) is 19.5 Å². The Hall–Kier alpha value is -5.75. The highest BCUT2D eigenvalue weighted by Gasteiger charge is 2.32. The SMILES string of the molecule is O=C(Nc1nc2cc(-c3ccc(C(F)(F)F)cc3)cc(-c3ccc(C(F)(F)F)cc3)c2c(=O)n1CC1CCC(c2ccccc2)O1)c1ccccc1. The average Bonchev–Trinajstić information content (AvgIpc) is 3.61. The Labute approximate surface area is 293 Å². The lowest BCUT2D eigenvalue weighted by Gasteiger charge is -2.20. The van der Waals surface area contributed by atoms with Crippen molar-refractivity contribution in [3.8, 4) is 22.3 Å². The van der Waals surface area contributed by atoms with Crippen molar-refractivity contribution in [1.82, 2.24) is 9.55 Å². The zero-order chi connectivity index (χ0) is 36.6. The molecule has 1 N–H and O–H groups in total. The summed E-state index contributed by atoms with van der Waals surface area (Å²) in [6.45, 7) is 0.00260. The summed E-state index contributed by atoms with van der Waals surface area (Å²) in [5.41, 5.74) is 0.160. The molecule has 1 fully saturated rings. The molecule has 7 rings (SSSR count). The summed E-state index contributed by atoms with van der Waals surface area (Å²) >= 11 is 0. The summed E-state index contributed by atoms with van der Waals surface area (Å²) in [6, 6.07) is 29.5. The second-order valence-electron chi connectivity index (χ2n) is 12.5. The van der Waals surface area contributed by atoms with Crippen molar-refractivity contribution >= 4 is 22.8 Å². The summed E-state index contributed by atoms with van der Waals surface area (Å²) in [4.78, 5) is 32.8. The number of benzene rings is 5. The number of amides is 1. The molecule has 0 aliphatic carbocycles. The van der Waals surface area contributed by atoms with Gasteiger partial charge in [0.2, 0.25) is 5.95 Å². The van der Waals surface area contributed by atoms with E-state index < -0.39 is 41.0 Å². The molecule has 264 valence electrons. The molecule has 2 unspecified atom stereocenters. The predicted molar refractivity (Wildman–Crippen MR) is 185 cm³/mol. The zero-order valence-electron chi connectivity index (χ0n) is 27.2. The highest BCUT2D eigenvalue weighted by Crippen LogP contribution is 2.38. The first-order chi connectivity index (χ1) is 24.8. The first-order valence-electron chi connectivity index (χ1n) is 16.4. The molecule has 5 aromatic carbocycles. The number of carbonyl (C=O) groups excluding carboxylic acids is 1. The number of hydrogen-bond donors (Lipinski definition) is 1. The van der Waals surface area contributed by atoms with Crippen molar-refractivity contribution in [2.24, 2.45) is 0 Å². The van der Waals surface area contributed by atoms with E-state index in [1.165, 1.54) is 34.9 Å². The largest absolute Gasteiger partial charge is 0.416 e. The second-order valence-corrected chi connectivity index (χ2v) is 12.5. The fourth-order valence-electron chi connectivity index (χ4n) is 6.41. The van der Waals surface area contributed by atoms with Gasteiger partial charge in [0.1, 0.15) is 0 Å². The molecule has 12 heteroatoms. The van der Waals surface area contributed by atoms with Crippen LogP contribution >= 0.6 is 0 Å². The summed E-state index contributed by atoms with van der Waals surface area (Å²) < 4.78 is 88.3. The topological polar surface area (TPSA) is 73.2 Å². The van der Waals surface area contributed by atoms with Crippen LogP contribution in [-0.2, 0) is 23.6 Å². The van der Waals surface area contributed by atoms with Gasteiger partial charge in [-0.25, -0.2) is 4.98 Å². The maximum atomic E-state index is 14.6. The minimum atomic E-state index is -4.61. The van der Waals surface area contributed by atoms with Crippen LogP contribution in [-0.4, -0.2) is 21.6 Å². The summed E-state index contributed by atoms with van der Waals surface area (Å²) in [5, 5.41) is 2.80. The number of carbonyl (C=O) groups is 1. The Morgan fingerprint density at radius 3 is 1.90 bits per heavy atom. The van der Waals surface area contributed by atoms with Crippen molar-refractivity contribution < 1.29 is 35.9 Å². The smallest absolute Gasteiger partial charge is 0.368 e. The van der Waals surface area contributed by atoms with E-state index >= 15 is 0 Å². The van der Waals surface area contributed by atoms with Crippen LogP contribution in [0.3, 0.4) is 0 Å². The standard InChI is InChI=1S/C40H29F6N3O3/c41-39(42,43)29-15-11-24(12-16-29)28-21-32(25-13-17-30(18-14-25)40(44,45)46)35-33(22-28)47-38(48-36(50)27-9-5-2-6-10-27)49(37(35)51)23-31-19-20-34(52-31)26-7-3-1-4-8-26/h1-18,21-22,31,34H,19-20,23H2,(H,47,48,50). The quantitative estimate of drug-likeness (QED) is 0.167. The van der Waals surface area contributed by atoms with Crippen LogP contribution in [0.4, 0.5) is 32.3 Å². The first kappa shape index (κ1) is 34.7. The molecule has 0 saturated carbocycles. The minimum Gasteiger partial charge on any atom is -0.368 e. The van der Waals surface area contributed by atoms with Crippen LogP contribution in [0.15, 0.2) is 126 Å². The summed E-state index contributed by atoms with van der Waals surface area (Å²) in [5.74, 6) is -0.641. The Morgan fingerprint density at radius 2 is 1.31 bits per heavy atom. The van der Waals surface area contributed by atoms with Crippen LogP contribution in [0.2, 0.25) is 0 Å². The van der Waals surface area contributed by atoms with Crippen molar-refractivity contribution in [2.45, 2.75) is 43.9 Å². The van der Waals surface area contributed by atoms with Gasteiger partial charge in [-0.1, -0.05) is 72.8 Å². The lowest BCUT2D eigenvalue weighted by atomic mass is 9.94. The van der Waals surface area contributed by atoms with Gasteiger partial charge in [0.25, 0.3) is 11.5 Å². The number of alkyl halides is 6. The van der Waals surface area contributed by atoms with Crippen LogP contribution in [0.5, 0.6) is 0 Å². The van der Waals surface area contributed by atoms with Crippen molar-refractivity contribution in [3.63, 3.8) is 0 Å². The van der Waals surface area contributed by atoms with Crippen LogP contribution in [0.25, 0.3) is 33.2 Å². The molecular formula is C40H29F6N3O3. The number of nitrogens with zero attached hydrogens (tertiary/aromatic N) is 2. The van der Waals surface area contributed by atoms with Crippen LogP contribution in [0.1, 0.15) is 46.0 Å². The highest BCUT2D eigenvalue weighted by atomic mass is 19.4. The van der Waals surface area contributed by atoms with E-state index in [4.69, 9.17) is 9.72 Å². The van der Waals surface area contributed by atoms with E-state index in [1.807, 2.05) is 30.3 Å². The molecule has 0 bridgehead atoms. The van der Waals surface area contributed by atoms with Crippen molar-refractivity contribution in [3.05, 3.63) is 154 Å². The second kappa shape index (κ2) is 13.8. The number of aromatic nitrogens is 2. The molecule has 1 saturated heterocycles. The van der Waals surface area contributed by atoms with Gasteiger partial charge >= 0.3 is 12.4 Å². The van der Waals surface area contributed by atoms with Crippen LogP contribution < -0.4 is 10.9 Å². The minimum absolute atomic E-state index is 0.00260. The average molecular weight is 714 g/mol. The first-order valence-corrected chi connectivity index (χ1v) is 16.4. The fraction of sp³-hybridized carbons (Fsp3) is 0.175. The van der Waals surface area contributed by atoms with E-state index in [9.17, 15) is 35.9 Å². The molecule has 1 aromatic heterocycles. The number of ether oxygens (including phenoxy) is 1. The fourth-order valence-corrected chi connectivity index (χ4v) is 6.41. The van der Waals surface area contributed by atoms with E-state index in [2.05, 4.69) is 5.32 Å². The van der Waals surface area contributed by atoms with Crippen molar-refractivity contribution in [2.75, 3.05) is 5.32 Å². The number of hydrogen-bond acceptors (Lipinski definition) is 4. The van der Waals surface area contributed by atoms with Gasteiger partial charge in [0.05, 0.1) is 40.8 Å². The third-order valence-corrected chi connectivity index (χ3v) is 9.05. The molecule has 1 aliphatic heterocycles. The normalized spacial score (nSPS) is 16.3. The molecule has 2 heterocycles. The zero-order valence-corrected chi connectivity index (χ0v) is 27.2. The monoisotopic (exact) mass is 713 g/mol. The molecule has 2 atom stereocenters. The Morgan fingerprint density at radius 1 is 0.731 bits per heavy atom. The maximum absolute atomic E-state index is 14.6. The summed E-state index contributed by atoms with van der Waals surface area (Å²) in [7, 11) is 0. The Bertz CT molecular complexity index is 2290. The molecule has 0 spiro atoms. The van der Waals surface area contributed by atoms with E-state index in [1.54, 1.807) is 36.4 Å². The number of nitrogens with one attached hydrogen (secondary N) is 1. The van der Waals surface area contributed by atoms with Gasteiger partial charge in [-0.15, -0.1) is 0 Å². The molecule has 6 nitrogen and oxygen atoms in total. The Kier molecular flexibility index (Phi) is 9.18. The van der Waals surface area contributed by atoms with E-state index in [-0.39, 0.29) is 40.6 Å². The third kappa shape index (κ3) is 7.20. The van der Waals surface area contributed by atoms with Gasteiger partial charge in [-0.05, 0) is 89.2 Å². The molecule has 0 radical (unpaired) electrons. The number of anilines is 1. The molecule has 1 amide bonds. The lowest BCUT2D eigenvalue weighted by Crippen LogP contribution is -2.31. The maximum Gasteiger partial charge on any atom is 0.416 e. The predicted octanol–water partition coefficient (Wildman–Crippen LogP) is 9.94. The lowest BCUT2D eigenvalue weighted by molar-refractivity contribution is -0.138. The highest BCUT2D eigenvalue weighted by molar-refractivity contribution is 6.04. The molecule has 52 heavy (non-hydrogen) atoms.